The molecular formula is C12H25N3O3S. The van der Waals surface area contributed by atoms with Crippen LogP contribution in [0.25, 0.3) is 0 Å². The molecule has 0 radical (unpaired) electrons. The van der Waals surface area contributed by atoms with E-state index in [0.29, 0.717) is 32.8 Å². The number of nitrogens with zero attached hydrogens (tertiary/aromatic N) is 2. The van der Waals surface area contributed by atoms with Crippen LogP contribution in [0.5, 0.6) is 0 Å². The number of hydrogen-bond acceptors (Lipinski definition) is 4. The minimum atomic E-state index is -3.33. The molecule has 2 saturated heterocycles. The van der Waals surface area contributed by atoms with E-state index in [2.05, 4.69) is 5.32 Å². The van der Waals surface area contributed by atoms with Crippen LogP contribution in [-0.4, -0.2) is 69.5 Å². The second-order valence-corrected chi connectivity index (χ2v) is 7.07. The third kappa shape index (κ3) is 3.66. The Hall–Kier alpha value is -0.210. The molecule has 0 aromatic heterocycles. The van der Waals surface area contributed by atoms with E-state index in [1.54, 1.807) is 8.61 Å². The summed E-state index contributed by atoms with van der Waals surface area (Å²) in [6.45, 7) is 3.58. The zero-order chi connectivity index (χ0) is 13.7. The van der Waals surface area contributed by atoms with Crippen LogP contribution in [0.15, 0.2) is 0 Å². The van der Waals surface area contributed by atoms with E-state index in [1.807, 2.05) is 7.05 Å². The molecule has 2 fully saturated rings. The monoisotopic (exact) mass is 291 g/mol. The lowest BCUT2D eigenvalue weighted by molar-refractivity contribution is 0.147. The molecule has 2 aliphatic heterocycles. The van der Waals surface area contributed by atoms with Gasteiger partial charge in [0.1, 0.15) is 0 Å². The highest BCUT2D eigenvalue weighted by atomic mass is 32.2. The van der Waals surface area contributed by atoms with E-state index in [4.69, 9.17) is 4.74 Å². The summed E-state index contributed by atoms with van der Waals surface area (Å²) in [6, 6.07) is 0.0907. The maximum Gasteiger partial charge on any atom is 0.282 e. The third-order valence-corrected chi connectivity index (χ3v) is 5.91. The first-order valence-corrected chi connectivity index (χ1v) is 8.55. The smallest absolute Gasteiger partial charge is 0.282 e. The van der Waals surface area contributed by atoms with Crippen LogP contribution in [0.2, 0.25) is 0 Å². The number of hydrogen-bond donors (Lipinski definition) is 1. The van der Waals surface area contributed by atoms with Crippen LogP contribution in [-0.2, 0) is 14.9 Å². The van der Waals surface area contributed by atoms with Crippen molar-refractivity contribution in [2.45, 2.75) is 31.7 Å². The van der Waals surface area contributed by atoms with Gasteiger partial charge in [-0.05, 0) is 26.3 Å². The van der Waals surface area contributed by atoms with E-state index in [9.17, 15) is 8.42 Å². The molecule has 0 saturated carbocycles. The average molecular weight is 291 g/mol. The van der Waals surface area contributed by atoms with Crippen LogP contribution in [0, 0.1) is 0 Å². The molecule has 2 rings (SSSR count). The van der Waals surface area contributed by atoms with Crippen molar-refractivity contribution >= 4 is 10.2 Å². The summed E-state index contributed by atoms with van der Waals surface area (Å²) in [5.74, 6) is 0. The fraction of sp³-hybridized carbons (Fsp3) is 1.00. The maximum absolute atomic E-state index is 12.7. The van der Waals surface area contributed by atoms with Crippen LogP contribution in [0.1, 0.15) is 25.7 Å². The third-order valence-electron chi connectivity index (χ3n) is 3.82. The van der Waals surface area contributed by atoms with E-state index in [1.165, 1.54) is 0 Å². The molecule has 2 aliphatic rings. The lowest BCUT2D eigenvalue weighted by Gasteiger charge is -2.37. The Kier molecular flexibility index (Phi) is 5.58. The van der Waals surface area contributed by atoms with Gasteiger partial charge in [0.2, 0.25) is 0 Å². The largest absolute Gasteiger partial charge is 0.380 e. The molecule has 2 heterocycles. The summed E-state index contributed by atoms with van der Waals surface area (Å²) in [6.07, 6.45) is 3.80. The molecule has 6 nitrogen and oxygen atoms in total. The van der Waals surface area contributed by atoms with Crippen molar-refractivity contribution in [3.8, 4) is 0 Å². The van der Waals surface area contributed by atoms with E-state index in [0.717, 1.165) is 32.2 Å². The number of nitrogens with one attached hydrogen (secondary N) is 1. The van der Waals surface area contributed by atoms with Gasteiger partial charge in [-0.25, -0.2) is 0 Å². The molecule has 0 spiro atoms. The van der Waals surface area contributed by atoms with Gasteiger partial charge in [-0.2, -0.15) is 17.0 Å². The number of ether oxygens (including phenoxy) is 1. The van der Waals surface area contributed by atoms with Gasteiger partial charge in [0.05, 0.1) is 6.61 Å². The van der Waals surface area contributed by atoms with Gasteiger partial charge in [-0.3, -0.25) is 0 Å². The lowest BCUT2D eigenvalue weighted by atomic mass is 10.1. The first-order chi connectivity index (χ1) is 9.16. The molecule has 1 atom stereocenters. The fourth-order valence-electron chi connectivity index (χ4n) is 2.82. The highest BCUT2D eigenvalue weighted by Crippen LogP contribution is 2.23. The molecule has 0 amide bonds. The van der Waals surface area contributed by atoms with Gasteiger partial charge >= 0.3 is 0 Å². The Morgan fingerprint density at radius 2 is 2.00 bits per heavy atom. The van der Waals surface area contributed by atoms with Crippen molar-refractivity contribution in [2.24, 2.45) is 0 Å². The van der Waals surface area contributed by atoms with Crippen LogP contribution in [0.3, 0.4) is 0 Å². The normalized spacial score (nSPS) is 28.2. The summed E-state index contributed by atoms with van der Waals surface area (Å²) in [4.78, 5) is 0. The van der Waals surface area contributed by atoms with Crippen molar-refractivity contribution in [3.05, 3.63) is 0 Å². The zero-order valence-electron chi connectivity index (χ0n) is 11.7. The highest BCUT2D eigenvalue weighted by Gasteiger charge is 2.36. The standard InChI is InChI=1S/C12H25N3O3S/c1-13-11-12-5-2-3-7-15(12)19(16,17)14-6-4-9-18-10-8-14/h12-13H,2-11H2,1H3. The van der Waals surface area contributed by atoms with Crippen molar-refractivity contribution in [2.75, 3.05) is 46.4 Å². The van der Waals surface area contributed by atoms with Gasteiger partial charge in [0, 0.05) is 38.8 Å². The summed E-state index contributed by atoms with van der Waals surface area (Å²) >= 11 is 0. The van der Waals surface area contributed by atoms with Crippen molar-refractivity contribution in [1.82, 2.24) is 13.9 Å². The van der Waals surface area contributed by atoms with Gasteiger partial charge in [0.15, 0.2) is 0 Å². The predicted molar refractivity (Wildman–Crippen MR) is 74.2 cm³/mol. The quantitative estimate of drug-likeness (QED) is 0.794. The fourth-order valence-corrected chi connectivity index (χ4v) is 4.70. The van der Waals surface area contributed by atoms with E-state index in [-0.39, 0.29) is 6.04 Å². The minimum absolute atomic E-state index is 0.0907. The summed E-state index contributed by atoms with van der Waals surface area (Å²) < 4.78 is 34.1. The Morgan fingerprint density at radius 3 is 2.79 bits per heavy atom. The van der Waals surface area contributed by atoms with Gasteiger partial charge < -0.3 is 10.1 Å². The lowest BCUT2D eigenvalue weighted by Crippen LogP contribution is -2.53. The van der Waals surface area contributed by atoms with E-state index < -0.39 is 10.2 Å². The zero-order valence-corrected chi connectivity index (χ0v) is 12.5. The summed E-state index contributed by atoms with van der Waals surface area (Å²) in [5, 5.41) is 3.11. The SMILES string of the molecule is CNCC1CCCCN1S(=O)(=O)N1CCCOCC1. The Bertz CT molecular complexity index is 364. The second kappa shape index (κ2) is 6.99. The van der Waals surface area contributed by atoms with Crippen molar-refractivity contribution < 1.29 is 13.2 Å². The van der Waals surface area contributed by atoms with Crippen LogP contribution >= 0.6 is 0 Å². The molecule has 1 unspecified atom stereocenters. The summed E-state index contributed by atoms with van der Waals surface area (Å²) in [5.41, 5.74) is 0. The first kappa shape index (κ1) is 15.2. The molecule has 1 N–H and O–H groups in total. The first-order valence-electron chi connectivity index (χ1n) is 7.15. The number of likely N-dealkylation sites (N-methyl/N-ethyl adjacent to an activating group) is 1. The minimum Gasteiger partial charge on any atom is -0.380 e. The van der Waals surface area contributed by atoms with Gasteiger partial charge in [0.25, 0.3) is 10.2 Å². The highest BCUT2D eigenvalue weighted by molar-refractivity contribution is 7.86. The Morgan fingerprint density at radius 1 is 1.16 bits per heavy atom. The Labute approximate surface area is 116 Å². The molecule has 0 aliphatic carbocycles. The molecule has 0 bridgehead atoms. The molecular weight excluding hydrogens is 266 g/mol. The molecule has 112 valence electrons. The number of piperidine rings is 1. The molecule has 0 aromatic carbocycles. The van der Waals surface area contributed by atoms with Crippen molar-refractivity contribution in [3.63, 3.8) is 0 Å². The molecule has 7 heteroatoms. The van der Waals surface area contributed by atoms with Crippen LogP contribution in [0.4, 0.5) is 0 Å². The molecule has 0 aromatic rings. The van der Waals surface area contributed by atoms with Crippen LogP contribution < -0.4 is 5.32 Å². The summed E-state index contributed by atoms with van der Waals surface area (Å²) in [7, 11) is -1.46. The topological polar surface area (TPSA) is 61.9 Å². The van der Waals surface area contributed by atoms with Crippen molar-refractivity contribution in [1.29, 1.82) is 0 Å². The molecule has 19 heavy (non-hydrogen) atoms. The van der Waals surface area contributed by atoms with Gasteiger partial charge in [-0.15, -0.1) is 0 Å². The maximum atomic E-state index is 12.7. The second-order valence-electron chi connectivity index (χ2n) is 5.19. The Balaban J connectivity index is 2.11. The van der Waals surface area contributed by atoms with Gasteiger partial charge in [-0.1, -0.05) is 6.42 Å². The van der Waals surface area contributed by atoms with E-state index >= 15 is 0 Å². The average Bonchev–Trinajstić information content (AvgIpc) is 2.69. The predicted octanol–water partition coefficient (Wildman–Crippen LogP) is 0.0274. The number of rotatable bonds is 4.